The quantitative estimate of drug-likeness (QED) is 0.603. The number of amides is 4. The lowest BCUT2D eigenvalue weighted by atomic mass is 10.1. The SMILES string of the molecule is C[C@H]1CN(C(=O)CN2C(=O)CNC2=O)C[C@H](C)N1. The molecule has 0 saturated carbocycles. The highest BCUT2D eigenvalue weighted by atomic mass is 16.2. The number of hydrogen-bond donors (Lipinski definition) is 2. The average Bonchev–Trinajstić information content (AvgIpc) is 2.59. The zero-order chi connectivity index (χ0) is 13.3. The number of rotatable bonds is 2. The predicted molar refractivity (Wildman–Crippen MR) is 63.8 cm³/mol. The van der Waals surface area contributed by atoms with Gasteiger partial charge >= 0.3 is 6.03 Å². The van der Waals surface area contributed by atoms with Gasteiger partial charge in [0.1, 0.15) is 6.54 Å². The van der Waals surface area contributed by atoms with E-state index in [0.717, 1.165) is 4.90 Å². The summed E-state index contributed by atoms with van der Waals surface area (Å²) < 4.78 is 0. The Bertz CT molecular complexity index is 358. The molecule has 2 fully saturated rings. The van der Waals surface area contributed by atoms with Gasteiger partial charge in [0.15, 0.2) is 0 Å². The molecule has 0 bridgehead atoms. The standard InChI is InChI=1S/C11H18N4O3/c1-7-4-14(5-8(2)13-7)10(17)6-15-9(16)3-12-11(15)18/h7-8,13H,3-6H2,1-2H3,(H,12,18)/t7-,8-/m0/s1. The molecule has 2 rings (SSSR count). The topological polar surface area (TPSA) is 81.8 Å². The molecule has 2 aliphatic heterocycles. The monoisotopic (exact) mass is 254 g/mol. The van der Waals surface area contributed by atoms with Crippen LogP contribution in [0.3, 0.4) is 0 Å². The lowest BCUT2D eigenvalue weighted by Crippen LogP contribution is -2.57. The average molecular weight is 254 g/mol. The molecule has 2 N–H and O–H groups in total. The molecule has 0 aromatic carbocycles. The third-order valence-electron chi connectivity index (χ3n) is 3.14. The molecule has 0 spiro atoms. The zero-order valence-electron chi connectivity index (χ0n) is 10.6. The second kappa shape index (κ2) is 4.93. The summed E-state index contributed by atoms with van der Waals surface area (Å²) in [7, 11) is 0. The van der Waals surface area contributed by atoms with Crippen molar-refractivity contribution in [1.82, 2.24) is 20.4 Å². The van der Waals surface area contributed by atoms with E-state index in [4.69, 9.17) is 0 Å². The number of nitrogens with zero attached hydrogens (tertiary/aromatic N) is 2. The van der Waals surface area contributed by atoms with Crippen LogP contribution in [0.4, 0.5) is 4.79 Å². The highest BCUT2D eigenvalue weighted by Crippen LogP contribution is 2.07. The molecule has 0 aliphatic carbocycles. The van der Waals surface area contributed by atoms with Gasteiger partial charge < -0.3 is 15.5 Å². The molecule has 4 amide bonds. The van der Waals surface area contributed by atoms with E-state index in [2.05, 4.69) is 10.6 Å². The maximum Gasteiger partial charge on any atom is 0.325 e. The second-order valence-electron chi connectivity index (χ2n) is 4.91. The number of carbonyl (C=O) groups excluding carboxylic acids is 3. The summed E-state index contributed by atoms with van der Waals surface area (Å²) in [5.41, 5.74) is 0. The molecule has 2 heterocycles. The van der Waals surface area contributed by atoms with Gasteiger partial charge in [-0.15, -0.1) is 0 Å². The van der Waals surface area contributed by atoms with Crippen LogP contribution in [0.2, 0.25) is 0 Å². The molecular weight excluding hydrogens is 236 g/mol. The minimum Gasteiger partial charge on any atom is -0.338 e. The number of carbonyl (C=O) groups is 3. The van der Waals surface area contributed by atoms with E-state index >= 15 is 0 Å². The first-order chi connectivity index (χ1) is 8.47. The fraction of sp³-hybridized carbons (Fsp3) is 0.727. The lowest BCUT2D eigenvalue weighted by Gasteiger charge is -2.36. The third-order valence-corrected chi connectivity index (χ3v) is 3.14. The Hall–Kier alpha value is -1.63. The molecule has 2 saturated heterocycles. The molecule has 0 radical (unpaired) electrons. The van der Waals surface area contributed by atoms with Crippen LogP contribution in [0.1, 0.15) is 13.8 Å². The Labute approximate surface area is 105 Å². The first kappa shape index (κ1) is 12.8. The summed E-state index contributed by atoms with van der Waals surface area (Å²) in [5, 5.41) is 5.72. The Morgan fingerprint density at radius 2 is 1.89 bits per heavy atom. The zero-order valence-corrected chi connectivity index (χ0v) is 10.6. The molecule has 18 heavy (non-hydrogen) atoms. The van der Waals surface area contributed by atoms with Gasteiger partial charge in [-0.25, -0.2) is 4.79 Å². The number of hydrogen-bond acceptors (Lipinski definition) is 4. The van der Waals surface area contributed by atoms with E-state index in [-0.39, 0.29) is 37.0 Å². The van der Waals surface area contributed by atoms with E-state index in [9.17, 15) is 14.4 Å². The van der Waals surface area contributed by atoms with Crippen molar-refractivity contribution in [2.75, 3.05) is 26.2 Å². The van der Waals surface area contributed by atoms with Crippen molar-refractivity contribution in [3.63, 3.8) is 0 Å². The van der Waals surface area contributed by atoms with Crippen LogP contribution in [0.5, 0.6) is 0 Å². The summed E-state index contributed by atoms with van der Waals surface area (Å²) in [4.78, 5) is 37.5. The molecule has 7 nitrogen and oxygen atoms in total. The summed E-state index contributed by atoms with van der Waals surface area (Å²) in [6.07, 6.45) is 0. The van der Waals surface area contributed by atoms with Crippen LogP contribution in [0.15, 0.2) is 0 Å². The van der Waals surface area contributed by atoms with Crippen LogP contribution < -0.4 is 10.6 Å². The Kier molecular flexibility index (Phi) is 3.51. The van der Waals surface area contributed by atoms with Crippen molar-refractivity contribution in [3.05, 3.63) is 0 Å². The molecule has 100 valence electrons. The third kappa shape index (κ3) is 2.61. The largest absolute Gasteiger partial charge is 0.338 e. The number of piperazine rings is 1. The van der Waals surface area contributed by atoms with Gasteiger partial charge in [0.05, 0.1) is 6.54 Å². The highest BCUT2D eigenvalue weighted by molar-refractivity contribution is 6.04. The van der Waals surface area contributed by atoms with E-state index < -0.39 is 6.03 Å². The molecule has 2 atom stereocenters. The summed E-state index contributed by atoms with van der Waals surface area (Å²) in [5.74, 6) is -0.523. The molecule has 0 aromatic heterocycles. The van der Waals surface area contributed by atoms with Gasteiger partial charge in [-0.3, -0.25) is 14.5 Å². The Morgan fingerprint density at radius 3 is 2.39 bits per heavy atom. The predicted octanol–water partition coefficient (Wildman–Crippen LogP) is -1.25. The van der Waals surface area contributed by atoms with Crippen LogP contribution in [0, 0.1) is 0 Å². The number of nitrogens with one attached hydrogen (secondary N) is 2. The molecule has 0 unspecified atom stereocenters. The summed E-state index contributed by atoms with van der Waals surface area (Å²) >= 11 is 0. The minimum atomic E-state index is -0.482. The van der Waals surface area contributed by atoms with Crippen molar-refractivity contribution >= 4 is 17.8 Å². The van der Waals surface area contributed by atoms with E-state index in [1.165, 1.54) is 0 Å². The summed E-state index contributed by atoms with van der Waals surface area (Å²) in [6, 6.07) is -0.0359. The van der Waals surface area contributed by atoms with Crippen molar-refractivity contribution in [2.24, 2.45) is 0 Å². The molecule has 7 heteroatoms. The van der Waals surface area contributed by atoms with Crippen LogP contribution in [0.25, 0.3) is 0 Å². The van der Waals surface area contributed by atoms with Gasteiger partial charge in [-0.1, -0.05) is 0 Å². The minimum absolute atomic E-state index is 0.0134. The van der Waals surface area contributed by atoms with Crippen molar-refractivity contribution in [1.29, 1.82) is 0 Å². The van der Waals surface area contributed by atoms with Gasteiger partial charge in [-0.05, 0) is 13.8 Å². The normalized spacial score (nSPS) is 28.6. The van der Waals surface area contributed by atoms with Crippen LogP contribution >= 0.6 is 0 Å². The Morgan fingerprint density at radius 1 is 1.28 bits per heavy atom. The van der Waals surface area contributed by atoms with Crippen molar-refractivity contribution in [2.45, 2.75) is 25.9 Å². The van der Waals surface area contributed by atoms with Gasteiger partial charge in [0, 0.05) is 25.2 Å². The second-order valence-corrected chi connectivity index (χ2v) is 4.91. The maximum atomic E-state index is 12.1. The Balaban J connectivity index is 1.95. The summed E-state index contributed by atoms with van der Waals surface area (Å²) in [6.45, 7) is 5.04. The van der Waals surface area contributed by atoms with E-state index in [1.54, 1.807) is 4.90 Å². The molecule has 2 aliphatic rings. The lowest BCUT2D eigenvalue weighted by molar-refractivity contribution is -0.137. The van der Waals surface area contributed by atoms with E-state index in [1.807, 2.05) is 13.8 Å². The van der Waals surface area contributed by atoms with Crippen LogP contribution in [-0.4, -0.2) is 65.9 Å². The smallest absolute Gasteiger partial charge is 0.325 e. The molecular formula is C11H18N4O3. The first-order valence-electron chi connectivity index (χ1n) is 6.09. The fourth-order valence-corrected chi connectivity index (χ4v) is 2.38. The molecule has 0 aromatic rings. The van der Waals surface area contributed by atoms with E-state index in [0.29, 0.717) is 13.1 Å². The first-order valence-corrected chi connectivity index (χ1v) is 6.09. The number of imide groups is 1. The van der Waals surface area contributed by atoms with Gasteiger partial charge in [-0.2, -0.15) is 0 Å². The number of urea groups is 1. The van der Waals surface area contributed by atoms with Gasteiger partial charge in [0.2, 0.25) is 5.91 Å². The van der Waals surface area contributed by atoms with Gasteiger partial charge in [0.25, 0.3) is 5.91 Å². The van der Waals surface area contributed by atoms with Crippen molar-refractivity contribution in [3.8, 4) is 0 Å². The van der Waals surface area contributed by atoms with Crippen molar-refractivity contribution < 1.29 is 14.4 Å². The highest BCUT2D eigenvalue weighted by Gasteiger charge is 2.33. The van der Waals surface area contributed by atoms with Crippen LogP contribution in [-0.2, 0) is 9.59 Å². The fourth-order valence-electron chi connectivity index (χ4n) is 2.38. The maximum absolute atomic E-state index is 12.1.